The van der Waals surface area contributed by atoms with Crippen LogP contribution in [0, 0.1) is 0 Å². The lowest BCUT2D eigenvalue weighted by Gasteiger charge is -2.28. The number of hydrogen-bond donors (Lipinski definition) is 0. The Morgan fingerprint density at radius 2 is 1.06 bits per heavy atom. The molecule has 0 aliphatic heterocycles. The van der Waals surface area contributed by atoms with Crippen LogP contribution in [0.2, 0.25) is 0 Å². The van der Waals surface area contributed by atoms with E-state index in [9.17, 15) is 0 Å². The van der Waals surface area contributed by atoms with E-state index >= 15 is 0 Å². The van der Waals surface area contributed by atoms with Gasteiger partial charge in [0.05, 0.1) is 15.3 Å². The van der Waals surface area contributed by atoms with Crippen molar-refractivity contribution >= 4 is 70.5 Å². The Morgan fingerprint density at radius 1 is 0.451 bits per heavy atom. The maximum atomic E-state index is 9.09. The number of anilines is 3. The lowest BCUT2D eigenvalue weighted by molar-refractivity contribution is 0.669. The SMILES string of the molecule is [2H]c1c([2H])c([2H])c2c(sc3c(-c4ccc(N(c5ccc(-c6ccccc6)cc5)c5c(-c6ccccc6)ccc6c5oc5ccccc56)cc4)c([2H])c([2H])c([2H])c32)c1[2H]. The number of para-hydroxylation sites is 1. The number of rotatable bonds is 6. The van der Waals surface area contributed by atoms with Crippen molar-refractivity contribution in [3.8, 4) is 33.4 Å². The molecule has 0 fully saturated rings. The lowest BCUT2D eigenvalue weighted by atomic mass is 9.98. The molecule has 2 nitrogen and oxygen atoms in total. The molecule has 0 N–H and O–H groups in total. The minimum atomic E-state index is -0.393. The van der Waals surface area contributed by atoms with Crippen LogP contribution in [-0.4, -0.2) is 0 Å². The zero-order chi connectivity index (χ0) is 39.8. The first-order valence-electron chi connectivity index (χ1n) is 20.2. The number of furan rings is 1. The van der Waals surface area contributed by atoms with Crippen molar-refractivity contribution in [2.45, 2.75) is 0 Å². The van der Waals surface area contributed by atoms with E-state index in [0.717, 1.165) is 72.6 Å². The number of nitrogens with zero attached hydrogens (tertiary/aromatic N) is 1. The van der Waals surface area contributed by atoms with E-state index in [1.165, 1.54) is 0 Å². The molecule has 2 heterocycles. The average Bonchev–Trinajstić information content (AvgIpc) is 3.86. The summed E-state index contributed by atoms with van der Waals surface area (Å²) in [5, 5.41) is 2.46. The molecule has 0 aliphatic rings. The fourth-order valence-corrected chi connectivity index (χ4v) is 8.08. The molecular formula is C48H31NOS. The van der Waals surface area contributed by atoms with Crippen LogP contribution in [0.5, 0.6) is 0 Å². The third kappa shape index (κ3) is 5.01. The van der Waals surface area contributed by atoms with Crippen molar-refractivity contribution in [1.29, 1.82) is 0 Å². The van der Waals surface area contributed by atoms with E-state index in [4.69, 9.17) is 14.0 Å². The topological polar surface area (TPSA) is 16.4 Å². The Balaban J connectivity index is 1.22. The monoisotopic (exact) mass is 676 g/mol. The molecule has 0 bridgehead atoms. The molecular weight excluding hydrogens is 639 g/mol. The number of benzene rings is 8. The van der Waals surface area contributed by atoms with E-state index in [2.05, 4.69) is 71.6 Å². The first-order valence-corrected chi connectivity index (χ1v) is 17.5. The standard InChI is InChI=1S/C48H31NOS/c1-3-12-32(13-4-1)33-22-26-36(27-23-33)49(37-28-24-35(25-29-37)39-18-11-19-43-41-17-8-10-21-45(41)51-48(39)43)46-38(34-14-5-2-6-15-34)30-31-42-40-16-7-9-20-44(40)50-47(42)46/h1-31H/i8D,10D,11D,17D,18D,19D,21D. The molecule has 10 aromatic rings. The molecule has 2 aromatic heterocycles. The van der Waals surface area contributed by atoms with Gasteiger partial charge in [-0.1, -0.05) is 145 Å². The van der Waals surface area contributed by atoms with Crippen LogP contribution < -0.4 is 4.90 Å². The highest BCUT2D eigenvalue weighted by atomic mass is 32.1. The van der Waals surface area contributed by atoms with Gasteiger partial charge in [0.25, 0.3) is 0 Å². The highest BCUT2D eigenvalue weighted by Gasteiger charge is 2.24. The molecule has 10 rings (SSSR count). The van der Waals surface area contributed by atoms with Crippen molar-refractivity contribution in [3.63, 3.8) is 0 Å². The largest absolute Gasteiger partial charge is 0.454 e. The van der Waals surface area contributed by atoms with Crippen molar-refractivity contribution in [2.24, 2.45) is 0 Å². The van der Waals surface area contributed by atoms with Crippen molar-refractivity contribution < 1.29 is 14.0 Å². The predicted molar refractivity (Wildman–Crippen MR) is 218 cm³/mol. The van der Waals surface area contributed by atoms with Crippen LogP contribution in [-0.2, 0) is 0 Å². The number of hydrogen-bond acceptors (Lipinski definition) is 3. The van der Waals surface area contributed by atoms with Crippen molar-refractivity contribution in [1.82, 2.24) is 0 Å². The molecule has 0 saturated carbocycles. The van der Waals surface area contributed by atoms with Gasteiger partial charge in [0.2, 0.25) is 0 Å². The van der Waals surface area contributed by atoms with Gasteiger partial charge < -0.3 is 9.32 Å². The fourth-order valence-electron chi connectivity index (χ4n) is 7.00. The number of fused-ring (bicyclic) bond motifs is 6. The predicted octanol–water partition coefficient (Wildman–Crippen LogP) is 14.4. The van der Waals surface area contributed by atoms with Crippen LogP contribution in [0.1, 0.15) is 9.60 Å². The maximum absolute atomic E-state index is 9.09. The summed E-state index contributed by atoms with van der Waals surface area (Å²) in [7, 11) is 0. The van der Waals surface area contributed by atoms with Gasteiger partial charge in [0.15, 0.2) is 5.58 Å². The Hall–Kier alpha value is -6.42. The van der Waals surface area contributed by atoms with Crippen molar-refractivity contribution in [2.75, 3.05) is 4.90 Å². The Labute approximate surface area is 309 Å². The van der Waals surface area contributed by atoms with Crippen LogP contribution in [0.4, 0.5) is 17.1 Å². The summed E-state index contributed by atoms with van der Waals surface area (Å²) in [6.45, 7) is 0. The normalized spacial score (nSPS) is 13.5. The van der Waals surface area contributed by atoms with Gasteiger partial charge >= 0.3 is 0 Å². The van der Waals surface area contributed by atoms with Gasteiger partial charge in [0.1, 0.15) is 5.58 Å². The molecule has 0 aliphatic carbocycles. The first kappa shape index (κ1) is 23.1. The van der Waals surface area contributed by atoms with Gasteiger partial charge in [-0.15, -0.1) is 11.3 Å². The second kappa shape index (κ2) is 12.2. The highest BCUT2D eigenvalue weighted by Crippen LogP contribution is 2.48. The van der Waals surface area contributed by atoms with Gasteiger partial charge in [-0.2, -0.15) is 0 Å². The van der Waals surface area contributed by atoms with Crippen LogP contribution in [0.3, 0.4) is 0 Å². The molecule has 51 heavy (non-hydrogen) atoms. The summed E-state index contributed by atoms with van der Waals surface area (Å²) >= 11 is 1.13. The van der Waals surface area contributed by atoms with E-state index in [-0.39, 0.29) is 47.0 Å². The van der Waals surface area contributed by atoms with Gasteiger partial charge in [-0.25, -0.2) is 0 Å². The Kier molecular flexibility index (Phi) is 5.50. The molecule has 0 amide bonds. The molecule has 0 atom stereocenters. The summed E-state index contributed by atoms with van der Waals surface area (Å²) in [5.74, 6) is 0. The Morgan fingerprint density at radius 3 is 1.82 bits per heavy atom. The Bertz CT molecular complexity index is 3240. The lowest BCUT2D eigenvalue weighted by Crippen LogP contribution is -2.11. The van der Waals surface area contributed by atoms with E-state index in [0.29, 0.717) is 20.5 Å². The second-order valence-electron chi connectivity index (χ2n) is 12.4. The van der Waals surface area contributed by atoms with E-state index in [1.807, 2.05) is 78.9 Å². The number of thiophene rings is 1. The summed E-state index contributed by atoms with van der Waals surface area (Å²) in [6, 6.07) is 47.1. The highest BCUT2D eigenvalue weighted by molar-refractivity contribution is 7.26. The molecule has 0 spiro atoms. The molecule has 3 heteroatoms. The average molecular weight is 677 g/mol. The zero-order valence-electron chi connectivity index (χ0n) is 34.1. The van der Waals surface area contributed by atoms with Gasteiger partial charge in [-0.3, -0.25) is 0 Å². The van der Waals surface area contributed by atoms with Gasteiger partial charge in [-0.05, 0) is 70.3 Å². The molecule has 0 unspecified atom stereocenters. The fraction of sp³-hybridized carbons (Fsp3) is 0. The van der Waals surface area contributed by atoms with Crippen molar-refractivity contribution in [3.05, 3.63) is 188 Å². The second-order valence-corrected chi connectivity index (χ2v) is 13.4. The molecule has 240 valence electrons. The molecule has 0 radical (unpaired) electrons. The van der Waals surface area contributed by atoms with Gasteiger partial charge in [0, 0.05) is 47.9 Å². The van der Waals surface area contributed by atoms with E-state index < -0.39 is 6.04 Å². The quantitative estimate of drug-likeness (QED) is 0.174. The summed E-state index contributed by atoms with van der Waals surface area (Å²) in [5.41, 5.74) is 9.24. The summed E-state index contributed by atoms with van der Waals surface area (Å²) in [6.07, 6.45) is 0. The minimum absolute atomic E-state index is 0.140. The summed E-state index contributed by atoms with van der Waals surface area (Å²) in [4.78, 5) is 2.19. The third-order valence-corrected chi connectivity index (χ3v) is 10.5. The summed E-state index contributed by atoms with van der Waals surface area (Å²) < 4.78 is 68.3. The smallest absolute Gasteiger partial charge is 0.160 e. The molecule has 8 aromatic carbocycles. The zero-order valence-corrected chi connectivity index (χ0v) is 27.9. The minimum Gasteiger partial charge on any atom is -0.454 e. The van der Waals surface area contributed by atoms with Crippen LogP contribution in [0.15, 0.2) is 192 Å². The van der Waals surface area contributed by atoms with Crippen LogP contribution >= 0.6 is 11.3 Å². The maximum Gasteiger partial charge on any atom is 0.160 e. The first-order chi connectivity index (χ1) is 28.2. The molecule has 0 saturated heterocycles. The van der Waals surface area contributed by atoms with Crippen LogP contribution in [0.25, 0.3) is 75.5 Å². The van der Waals surface area contributed by atoms with E-state index in [1.54, 1.807) is 0 Å². The third-order valence-electron chi connectivity index (χ3n) is 9.41.